The second-order valence-electron chi connectivity index (χ2n) is 24.6. The van der Waals surface area contributed by atoms with Gasteiger partial charge in [0.15, 0.2) is 0 Å². The van der Waals surface area contributed by atoms with Crippen LogP contribution < -0.4 is 48.0 Å². The lowest BCUT2D eigenvalue weighted by Gasteiger charge is -2.35. The molecule has 0 fully saturated rings. The van der Waals surface area contributed by atoms with Gasteiger partial charge in [-0.2, -0.15) is 0 Å². The summed E-state index contributed by atoms with van der Waals surface area (Å²) < 4.78 is 34.9. The van der Waals surface area contributed by atoms with E-state index in [0.717, 1.165) is 181 Å². The van der Waals surface area contributed by atoms with E-state index >= 15 is 0 Å². The van der Waals surface area contributed by atoms with Crippen molar-refractivity contribution >= 4 is 68.2 Å². The number of ether oxygens (including phenoxy) is 6. The molecule has 0 bridgehead atoms. The van der Waals surface area contributed by atoms with Crippen LogP contribution in [0.25, 0.3) is 22.3 Å². The average Bonchev–Trinajstić information content (AvgIpc) is 1.50. The van der Waals surface area contributed by atoms with Gasteiger partial charge in [-0.3, -0.25) is 0 Å². The van der Waals surface area contributed by atoms with Crippen molar-refractivity contribution in [1.29, 1.82) is 0 Å². The number of nitrogens with zero attached hydrogens (tertiary/aromatic N) is 4. The van der Waals surface area contributed by atoms with Crippen molar-refractivity contribution < 1.29 is 38.6 Å². The summed E-state index contributed by atoms with van der Waals surface area (Å²) in [5.74, 6) is 4.57. The third kappa shape index (κ3) is 11.0. The Balaban J connectivity index is 1.11. The van der Waals surface area contributed by atoms with Crippen LogP contribution >= 0.6 is 0 Å². The van der Waals surface area contributed by atoms with Crippen LogP contribution in [-0.4, -0.2) is 52.9 Å². The monoisotopic (exact) mass is 1280 g/mol. The Hall–Kier alpha value is -11.4. The molecule has 0 aliphatic heterocycles. The molecule has 1 spiro atoms. The molecule has 0 atom stereocenters. The number of hydrogen-bond donors (Lipinski definition) is 2. The molecule has 12 aromatic carbocycles. The minimum Gasteiger partial charge on any atom is -0.497 e. The van der Waals surface area contributed by atoms with Crippen molar-refractivity contribution in [2.75, 3.05) is 62.3 Å². The van der Waals surface area contributed by atoms with Gasteiger partial charge in [-0.1, -0.05) is 36.4 Å². The largest absolute Gasteiger partial charge is 0.497 e. The maximum absolute atomic E-state index is 10.6. The van der Waals surface area contributed by atoms with Gasteiger partial charge in [-0.15, -0.1) is 0 Å². The van der Waals surface area contributed by atoms with E-state index in [1.807, 2.05) is 72.8 Å². The lowest BCUT2D eigenvalue weighted by molar-refractivity contribution is 0.281. The van der Waals surface area contributed by atoms with E-state index in [1.165, 1.54) is 0 Å². The molecule has 12 aromatic rings. The van der Waals surface area contributed by atoms with Crippen LogP contribution in [0.3, 0.4) is 0 Å². The molecule has 14 rings (SSSR count). The lowest BCUT2D eigenvalue weighted by Crippen LogP contribution is -2.27. The number of benzene rings is 12. The summed E-state index contributed by atoms with van der Waals surface area (Å²) in [5, 5.41) is 21.1. The Labute approximate surface area is 567 Å². The fourth-order valence-corrected chi connectivity index (χ4v) is 14.4. The Morgan fingerprint density at radius 2 is 0.464 bits per heavy atom. The van der Waals surface area contributed by atoms with Gasteiger partial charge in [-0.05, 0) is 312 Å². The lowest BCUT2D eigenvalue weighted by atomic mass is 9.70. The second kappa shape index (κ2) is 26.0. The number of aliphatic hydroxyl groups is 2. The number of aryl methyl sites for hydroxylation is 4. The molecule has 12 nitrogen and oxygen atoms in total. The number of methoxy groups -OCH3 is 6. The summed E-state index contributed by atoms with van der Waals surface area (Å²) in [6.45, 7) is 8.11. The summed E-state index contributed by atoms with van der Waals surface area (Å²) in [7, 11) is 10.2. The SMILES string of the molecule is COc1ccc(N(c2ccc(CO)c(C)c2)c2ccc3c(c2)C2(c4cc(N(c5ccc(OC)cc5)c5ccc(CO)c(C)c5)ccc4-c4ccc(N(c5ccc(OC)cc5)c5ccc(OC)c(C)c5)cc42)c2cc(N(c4ccc(OC)cc4)c4ccc(OC)c(C)c4)ccc2-3)cc1. The minimum atomic E-state index is -1.05. The molecule has 12 heteroatoms. The zero-order valence-corrected chi connectivity index (χ0v) is 56.1. The Kier molecular flexibility index (Phi) is 16.9. The molecule has 2 aliphatic carbocycles. The van der Waals surface area contributed by atoms with Gasteiger partial charge in [0.2, 0.25) is 0 Å². The van der Waals surface area contributed by atoms with Crippen LogP contribution in [-0.2, 0) is 18.6 Å². The van der Waals surface area contributed by atoms with Gasteiger partial charge in [-0.25, -0.2) is 0 Å². The maximum Gasteiger partial charge on any atom is 0.121 e. The number of rotatable bonds is 20. The van der Waals surface area contributed by atoms with E-state index in [4.69, 9.17) is 28.4 Å². The van der Waals surface area contributed by atoms with Crippen LogP contribution in [0.5, 0.6) is 34.5 Å². The fraction of sp³-hybridized carbons (Fsp3) is 0.153. The third-order valence-electron chi connectivity index (χ3n) is 19.3. The van der Waals surface area contributed by atoms with Crippen LogP contribution in [0.1, 0.15) is 55.6 Å². The number of fused-ring (bicyclic) bond motifs is 10. The Morgan fingerprint density at radius 3 is 0.680 bits per heavy atom. The van der Waals surface area contributed by atoms with Crippen LogP contribution in [0, 0.1) is 27.7 Å². The molecule has 2 N–H and O–H groups in total. The molecular formula is C85H76N4O8. The Morgan fingerprint density at radius 1 is 0.247 bits per heavy atom. The van der Waals surface area contributed by atoms with Crippen molar-refractivity contribution in [3.63, 3.8) is 0 Å². The van der Waals surface area contributed by atoms with Crippen molar-refractivity contribution in [3.05, 3.63) is 298 Å². The first kappa shape index (κ1) is 63.0. The number of anilines is 12. The third-order valence-corrected chi connectivity index (χ3v) is 19.3. The highest BCUT2D eigenvalue weighted by Crippen LogP contribution is 2.66. The molecule has 2 aliphatic rings. The molecule has 0 unspecified atom stereocenters. The van der Waals surface area contributed by atoms with Gasteiger partial charge in [0.05, 0.1) is 61.3 Å². The predicted octanol–water partition coefficient (Wildman–Crippen LogP) is 20.2. The normalized spacial score (nSPS) is 12.1. The molecule has 0 saturated heterocycles. The number of hydrogen-bond acceptors (Lipinski definition) is 12. The summed E-state index contributed by atoms with van der Waals surface area (Å²) in [5.41, 5.74) is 24.5. The predicted molar refractivity (Wildman–Crippen MR) is 392 cm³/mol. The van der Waals surface area contributed by atoms with Crippen LogP contribution in [0.15, 0.2) is 243 Å². The molecule has 0 aromatic heterocycles. The van der Waals surface area contributed by atoms with E-state index < -0.39 is 5.41 Å². The second-order valence-corrected chi connectivity index (χ2v) is 24.6. The van der Waals surface area contributed by atoms with E-state index in [-0.39, 0.29) is 13.2 Å². The first-order valence-electron chi connectivity index (χ1n) is 32.4. The van der Waals surface area contributed by atoms with E-state index in [9.17, 15) is 10.2 Å². The summed E-state index contributed by atoms with van der Waals surface area (Å²) in [6.07, 6.45) is 0. The standard InChI is InChI=1S/C85H76N4O8/c1-53-43-63(13-11-57(53)51-90)86(59-15-29-71(92-5)30-16-59)67-23-37-75-77-39-25-69(88(61-19-33-73(94-7)34-20-61)65-27-41-83(96-9)55(3)45-65)49-81(77)85(79(75)47-67)80-48-68(87(60-17-31-72(93-6)32-18-60)64-14-12-58(52-91)54(2)44-64)24-38-76(80)78-40-26-70(50-82(78)85)89(62-21-35-74(95-8)36-22-62)66-28-42-84(97-10)56(4)46-66/h11-50,90-91H,51-52H2,1-10H3. The van der Waals surface area contributed by atoms with Gasteiger partial charge >= 0.3 is 0 Å². The zero-order chi connectivity index (χ0) is 67.2. The van der Waals surface area contributed by atoms with Crippen LogP contribution in [0.4, 0.5) is 68.2 Å². The average molecular weight is 1280 g/mol. The smallest absolute Gasteiger partial charge is 0.121 e. The highest BCUT2D eigenvalue weighted by atomic mass is 16.5. The molecule has 484 valence electrons. The Bertz CT molecular complexity index is 4310. The van der Waals surface area contributed by atoms with Crippen molar-refractivity contribution in [1.82, 2.24) is 0 Å². The van der Waals surface area contributed by atoms with Crippen molar-refractivity contribution in [3.8, 4) is 56.8 Å². The first-order chi connectivity index (χ1) is 47.3. The molecule has 97 heavy (non-hydrogen) atoms. The van der Waals surface area contributed by atoms with Gasteiger partial charge in [0.1, 0.15) is 34.5 Å². The summed E-state index contributed by atoms with van der Waals surface area (Å²) in [6, 6.07) is 86.0. The topological polar surface area (TPSA) is 109 Å². The summed E-state index contributed by atoms with van der Waals surface area (Å²) >= 11 is 0. The van der Waals surface area contributed by atoms with E-state index in [2.05, 4.69) is 217 Å². The fourth-order valence-electron chi connectivity index (χ4n) is 14.4. The molecule has 0 radical (unpaired) electrons. The highest BCUT2D eigenvalue weighted by Gasteiger charge is 2.53. The number of aliphatic hydroxyl groups excluding tert-OH is 2. The highest BCUT2D eigenvalue weighted by molar-refractivity contribution is 6.00. The minimum absolute atomic E-state index is 0.0789. The molecule has 0 amide bonds. The quantitative estimate of drug-likeness (QED) is 0.0758. The van der Waals surface area contributed by atoms with Gasteiger partial charge in [0, 0.05) is 68.2 Å². The van der Waals surface area contributed by atoms with Gasteiger partial charge in [0.25, 0.3) is 0 Å². The van der Waals surface area contributed by atoms with Crippen molar-refractivity contribution in [2.24, 2.45) is 0 Å². The summed E-state index contributed by atoms with van der Waals surface area (Å²) in [4.78, 5) is 9.25. The first-order valence-corrected chi connectivity index (χ1v) is 32.4. The van der Waals surface area contributed by atoms with Gasteiger partial charge < -0.3 is 58.2 Å². The van der Waals surface area contributed by atoms with E-state index in [1.54, 1.807) is 42.7 Å². The van der Waals surface area contributed by atoms with Crippen molar-refractivity contribution in [2.45, 2.75) is 46.3 Å². The van der Waals surface area contributed by atoms with E-state index in [0.29, 0.717) is 0 Å². The van der Waals surface area contributed by atoms with Crippen LogP contribution in [0.2, 0.25) is 0 Å². The zero-order valence-electron chi connectivity index (χ0n) is 56.1. The maximum atomic E-state index is 10.6. The molecule has 0 heterocycles. The molecular weight excluding hydrogens is 1200 g/mol. The molecule has 0 saturated carbocycles.